The van der Waals surface area contributed by atoms with Crippen LogP contribution in [0, 0.1) is 5.92 Å². The summed E-state index contributed by atoms with van der Waals surface area (Å²) in [5, 5.41) is 0. The number of carbonyl (C=O) groups is 1. The molecule has 32 heavy (non-hydrogen) atoms. The standard InChI is InChI=1S/C25H30BrN3O3/c26-22-4-1-19(2-5-22)16-27-9-7-21(8-10-27)25(30)29-13-11-28(12-14-29)17-20-3-6-23-24(15-20)32-18-31-23/h1-6,15,21H,7-14,16-18H2. The minimum absolute atomic E-state index is 0.177. The highest BCUT2D eigenvalue weighted by Gasteiger charge is 2.30. The summed E-state index contributed by atoms with van der Waals surface area (Å²) in [6.07, 6.45) is 1.93. The number of amides is 1. The number of rotatable bonds is 5. The molecule has 0 atom stereocenters. The molecule has 2 saturated heterocycles. The summed E-state index contributed by atoms with van der Waals surface area (Å²) < 4.78 is 12.0. The maximum absolute atomic E-state index is 13.1. The molecule has 0 unspecified atom stereocenters. The summed E-state index contributed by atoms with van der Waals surface area (Å²) in [7, 11) is 0. The van der Waals surface area contributed by atoms with E-state index in [1.54, 1.807) is 0 Å². The van der Waals surface area contributed by atoms with E-state index in [1.807, 2.05) is 6.07 Å². The molecule has 0 saturated carbocycles. The molecule has 1 amide bonds. The summed E-state index contributed by atoms with van der Waals surface area (Å²) in [5.74, 6) is 2.20. The van der Waals surface area contributed by atoms with E-state index in [0.29, 0.717) is 12.7 Å². The average Bonchev–Trinajstić information content (AvgIpc) is 3.29. The predicted molar refractivity (Wildman–Crippen MR) is 127 cm³/mol. The van der Waals surface area contributed by atoms with E-state index >= 15 is 0 Å². The second-order valence-electron chi connectivity index (χ2n) is 8.97. The van der Waals surface area contributed by atoms with Crippen LogP contribution >= 0.6 is 15.9 Å². The van der Waals surface area contributed by atoms with Crippen LogP contribution in [-0.2, 0) is 17.9 Å². The molecule has 170 valence electrons. The number of hydrogen-bond donors (Lipinski definition) is 0. The Balaban J connectivity index is 1.06. The van der Waals surface area contributed by atoms with Crippen molar-refractivity contribution in [2.75, 3.05) is 46.1 Å². The lowest BCUT2D eigenvalue weighted by molar-refractivity contribution is -0.139. The fourth-order valence-electron chi connectivity index (χ4n) is 4.87. The maximum atomic E-state index is 13.1. The molecule has 0 radical (unpaired) electrons. The average molecular weight is 500 g/mol. The number of hydrogen-bond acceptors (Lipinski definition) is 5. The van der Waals surface area contributed by atoms with Gasteiger partial charge in [0.2, 0.25) is 12.7 Å². The number of benzene rings is 2. The largest absolute Gasteiger partial charge is 0.454 e. The minimum atomic E-state index is 0.177. The van der Waals surface area contributed by atoms with E-state index in [9.17, 15) is 4.79 Å². The molecule has 2 aromatic carbocycles. The lowest BCUT2D eigenvalue weighted by atomic mass is 9.94. The van der Waals surface area contributed by atoms with Crippen LogP contribution in [0.1, 0.15) is 24.0 Å². The molecule has 0 aliphatic carbocycles. The van der Waals surface area contributed by atoms with Gasteiger partial charge >= 0.3 is 0 Å². The van der Waals surface area contributed by atoms with Crippen LogP contribution in [0.5, 0.6) is 11.5 Å². The molecule has 7 heteroatoms. The quantitative estimate of drug-likeness (QED) is 0.626. The number of piperidine rings is 1. The van der Waals surface area contributed by atoms with Gasteiger partial charge in [-0.1, -0.05) is 34.1 Å². The number of ether oxygens (including phenoxy) is 2. The fourth-order valence-corrected chi connectivity index (χ4v) is 5.13. The first-order chi connectivity index (χ1) is 15.6. The molecular formula is C25H30BrN3O3. The van der Waals surface area contributed by atoms with Gasteiger partial charge < -0.3 is 14.4 Å². The normalized spacial score (nSPS) is 20.0. The van der Waals surface area contributed by atoms with Crippen LogP contribution in [0.4, 0.5) is 0 Å². The van der Waals surface area contributed by atoms with Crippen molar-refractivity contribution in [3.05, 3.63) is 58.1 Å². The Morgan fingerprint density at radius 2 is 1.44 bits per heavy atom. The van der Waals surface area contributed by atoms with E-state index in [0.717, 1.165) is 81.2 Å². The highest BCUT2D eigenvalue weighted by atomic mass is 79.9. The molecule has 3 aliphatic rings. The van der Waals surface area contributed by atoms with Crippen LogP contribution in [0.3, 0.4) is 0 Å². The van der Waals surface area contributed by atoms with Gasteiger partial charge in [-0.15, -0.1) is 0 Å². The zero-order valence-electron chi connectivity index (χ0n) is 18.3. The van der Waals surface area contributed by atoms with Crippen molar-refractivity contribution >= 4 is 21.8 Å². The molecule has 0 spiro atoms. The van der Waals surface area contributed by atoms with Gasteiger partial charge in [0, 0.05) is 49.7 Å². The van der Waals surface area contributed by atoms with Crippen molar-refractivity contribution in [1.29, 1.82) is 0 Å². The highest BCUT2D eigenvalue weighted by molar-refractivity contribution is 9.10. The van der Waals surface area contributed by atoms with E-state index in [1.165, 1.54) is 11.1 Å². The van der Waals surface area contributed by atoms with Crippen molar-refractivity contribution in [2.45, 2.75) is 25.9 Å². The van der Waals surface area contributed by atoms with Gasteiger partial charge in [0.1, 0.15) is 0 Å². The Morgan fingerprint density at radius 3 is 2.19 bits per heavy atom. The summed E-state index contributed by atoms with van der Waals surface area (Å²) in [6, 6.07) is 14.7. The highest BCUT2D eigenvalue weighted by Crippen LogP contribution is 2.33. The van der Waals surface area contributed by atoms with Crippen molar-refractivity contribution < 1.29 is 14.3 Å². The third-order valence-corrected chi connectivity index (χ3v) is 7.31. The van der Waals surface area contributed by atoms with Gasteiger partial charge in [0.25, 0.3) is 0 Å². The Morgan fingerprint density at radius 1 is 0.812 bits per heavy atom. The van der Waals surface area contributed by atoms with Crippen LogP contribution < -0.4 is 9.47 Å². The third kappa shape index (κ3) is 5.11. The first-order valence-electron chi connectivity index (χ1n) is 11.5. The maximum Gasteiger partial charge on any atom is 0.231 e. The van der Waals surface area contributed by atoms with E-state index < -0.39 is 0 Å². The number of likely N-dealkylation sites (tertiary alicyclic amines) is 1. The van der Waals surface area contributed by atoms with Gasteiger partial charge in [0.05, 0.1) is 0 Å². The van der Waals surface area contributed by atoms with Crippen molar-refractivity contribution in [1.82, 2.24) is 14.7 Å². The smallest absolute Gasteiger partial charge is 0.231 e. The van der Waals surface area contributed by atoms with Gasteiger partial charge in [-0.2, -0.15) is 0 Å². The molecule has 0 N–H and O–H groups in total. The Labute approximate surface area is 198 Å². The molecule has 3 aliphatic heterocycles. The molecule has 6 nitrogen and oxygen atoms in total. The van der Waals surface area contributed by atoms with Crippen LogP contribution in [0.15, 0.2) is 46.9 Å². The lowest BCUT2D eigenvalue weighted by Gasteiger charge is -2.38. The number of fused-ring (bicyclic) bond motifs is 1. The molecule has 2 aromatic rings. The van der Waals surface area contributed by atoms with Crippen molar-refractivity contribution in [3.8, 4) is 11.5 Å². The molecule has 5 rings (SSSR count). The summed E-state index contributed by atoms with van der Waals surface area (Å²) in [6.45, 7) is 7.63. The van der Waals surface area contributed by atoms with Crippen LogP contribution in [0.25, 0.3) is 0 Å². The molecule has 0 aromatic heterocycles. The molecular weight excluding hydrogens is 470 g/mol. The first-order valence-corrected chi connectivity index (χ1v) is 12.3. The summed E-state index contributed by atoms with van der Waals surface area (Å²) in [4.78, 5) is 20.1. The number of halogens is 1. The monoisotopic (exact) mass is 499 g/mol. The lowest BCUT2D eigenvalue weighted by Crippen LogP contribution is -2.51. The topological polar surface area (TPSA) is 45.3 Å². The van der Waals surface area contributed by atoms with Crippen LogP contribution in [-0.4, -0.2) is 66.7 Å². The first kappa shape index (κ1) is 21.7. The number of nitrogens with zero attached hydrogens (tertiary/aromatic N) is 3. The second kappa shape index (κ2) is 9.81. The van der Waals surface area contributed by atoms with Gasteiger partial charge in [-0.3, -0.25) is 14.6 Å². The van der Waals surface area contributed by atoms with Gasteiger partial charge in [-0.25, -0.2) is 0 Å². The van der Waals surface area contributed by atoms with E-state index in [-0.39, 0.29) is 5.92 Å². The van der Waals surface area contributed by atoms with Crippen molar-refractivity contribution in [3.63, 3.8) is 0 Å². The van der Waals surface area contributed by atoms with E-state index in [2.05, 4.69) is 67.0 Å². The summed E-state index contributed by atoms with van der Waals surface area (Å²) >= 11 is 3.49. The van der Waals surface area contributed by atoms with E-state index in [4.69, 9.17) is 9.47 Å². The second-order valence-corrected chi connectivity index (χ2v) is 9.88. The SMILES string of the molecule is O=C(C1CCN(Cc2ccc(Br)cc2)CC1)N1CCN(Cc2ccc3c(c2)OCO3)CC1. The molecule has 2 fully saturated rings. The summed E-state index contributed by atoms with van der Waals surface area (Å²) in [5.41, 5.74) is 2.56. The predicted octanol–water partition coefficient (Wildman–Crippen LogP) is 3.73. The molecule has 3 heterocycles. The number of carbonyl (C=O) groups excluding carboxylic acids is 1. The minimum Gasteiger partial charge on any atom is -0.454 e. The zero-order valence-corrected chi connectivity index (χ0v) is 19.9. The third-order valence-electron chi connectivity index (χ3n) is 6.78. The van der Waals surface area contributed by atoms with Crippen LogP contribution in [0.2, 0.25) is 0 Å². The Hall–Kier alpha value is -2.09. The molecule has 0 bridgehead atoms. The number of piperazine rings is 1. The Bertz CT molecular complexity index is 936. The Kier molecular flexibility index (Phi) is 6.67. The fraction of sp³-hybridized carbons (Fsp3) is 0.480. The van der Waals surface area contributed by atoms with Gasteiger partial charge in [0.15, 0.2) is 11.5 Å². The van der Waals surface area contributed by atoms with Gasteiger partial charge in [-0.05, 0) is 61.3 Å². The zero-order chi connectivity index (χ0) is 21.9. The van der Waals surface area contributed by atoms with Crippen molar-refractivity contribution in [2.24, 2.45) is 5.92 Å².